The number of hydrogen-bond acceptors (Lipinski definition) is 3. The summed E-state index contributed by atoms with van der Waals surface area (Å²) >= 11 is 0. The summed E-state index contributed by atoms with van der Waals surface area (Å²) in [6, 6.07) is 14.8. The number of rotatable bonds is 6. The van der Waals surface area contributed by atoms with Gasteiger partial charge in [-0.15, -0.1) is 0 Å². The summed E-state index contributed by atoms with van der Waals surface area (Å²) in [5.41, 5.74) is 2.99. The molecule has 0 radical (unpaired) electrons. The molecule has 2 aromatic carbocycles. The van der Waals surface area contributed by atoms with Gasteiger partial charge in [0, 0.05) is 35.2 Å². The number of hydrogen-bond donors (Lipinski definition) is 2. The molecule has 3 aromatic rings. The maximum Gasteiger partial charge on any atom is 0.325 e. The predicted molar refractivity (Wildman–Crippen MR) is 122 cm³/mol. The van der Waals surface area contributed by atoms with Crippen LogP contribution in [-0.2, 0) is 6.42 Å². The molecular formula is C26H25FN2O3. The molecule has 1 aromatic heterocycles. The van der Waals surface area contributed by atoms with Crippen molar-refractivity contribution in [1.82, 2.24) is 9.97 Å². The van der Waals surface area contributed by atoms with Crippen LogP contribution in [0.3, 0.4) is 0 Å². The van der Waals surface area contributed by atoms with Gasteiger partial charge < -0.3 is 9.72 Å². The lowest BCUT2D eigenvalue weighted by molar-refractivity contribution is 0.301. The molecule has 32 heavy (non-hydrogen) atoms. The number of aromatic nitrogens is 2. The molecule has 1 unspecified atom stereocenters. The van der Waals surface area contributed by atoms with Gasteiger partial charge in [-0.1, -0.05) is 36.4 Å². The molecule has 1 fully saturated rings. The van der Waals surface area contributed by atoms with Crippen LogP contribution in [0.25, 0.3) is 5.57 Å². The minimum atomic E-state index is -0.492. The van der Waals surface area contributed by atoms with Crippen LogP contribution in [0.15, 0.2) is 64.2 Å². The van der Waals surface area contributed by atoms with Gasteiger partial charge in [-0.3, -0.25) is 9.78 Å². The molecule has 0 bridgehead atoms. The predicted octanol–water partition coefficient (Wildman–Crippen LogP) is 4.69. The smallest absolute Gasteiger partial charge is 0.325 e. The fourth-order valence-corrected chi connectivity index (χ4v) is 4.40. The minimum Gasteiger partial charge on any atom is -0.490 e. The summed E-state index contributed by atoms with van der Waals surface area (Å²) in [6.45, 7) is 0. The Morgan fingerprint density at radius 1 is 1.00 bits per heavy atom. The van der Waals surface area contributed by atoms with Gasteiger partial charge in [0.1, 0.15) is 11.6 Å². The second-order valence-electron chi connectivity index (χ2n) is 8.62. The zero-order valence-electron chi connectivity index (χ0n) is 17.7. The Morgan fingerprint density at radius 3 is 2.50 bits per heavy atom. The van der Waals surface area contributed by atoms with Crippen molar-refractivity contribution < 1.29 is 9.13 Å². The number of ether oxygens (including phenoxy) is 1. The second-order valence-corrected chi connectivity index (χ2v) is 8.62. The average molecular weight is 432 g/mol. The summed E-state index contributed by atoms with van der Waals surface area (Å²) in [6.07, 6.45) is 6.81. The topological polar surface area (TPSA) is 75.0 Å². The van der Waals surface area contributed by atoms with E-state index in [0.717, 1.165) is 30.4 Å². The Morgan fingerprint density at radius 2 is 1.81 bits per heavy atom. The first-order chi connectivity index (χ1) is 15.6. The molecule has 164 valence electrons. The van der Waals surface area contributed by atoms with Crippen molar-refractivity contribution >= 4 is 5.57 Å². The van der Waals surface area contributed by atoms with Crippen molar-refractivity contribution in [2.45, 2.75) is 50.5 Å². The number of H-pyrrole nitrogens is 2. The minimum absolute atomic E-state index is 0.00740. The molecule has 0 spiro atoms. The van der Waals surface area contributed by atoms with Crippen LogP contribution < -0.4 is 16.0 Å². The maximum atomic E-state index is 14.7. The number of aromatic amines is 2. The van der Waals surface area contributed by atoms with Crippen LogP contribution in [0.2, 0.25) is 0 Å². The van der Waals surface area contributed by atoms with Crippen molar-refractivity contribution in [2.75, 3.05) is 0 Å². The van der Waals surface area contributed by atoms with Gasteiger partial charge in [-0.25, -0.2) is 9.18 Å². The summed E-state index contributed by atoms with van der Waals surface area (Å²) in [5.74, 6) is 0.310. The maximum absolute atomic E-state index is 14.7. The molecular weight excluding hydrogens is 407 g/mol. The van der Waals surface area contributed by atoms with E-state index < -0.39 is 5.69 Å². The van der Waals surface area contributed by atoms with E-state index in [4.69, 9.17) is 4.74 Å². The van der Waals surface area contributed by atoms with Crippen LogP contribution in [0.1, 0.15) is 60.4 Å². The van der Waals surface area contributed by atoms with Crippen molar-refractivity contribution in [3.63, 3.8) is 0 Å². The molecule has 1 saturated carbocycles. The first-order valence-electron chi connectivity index (χ1n) is 11.1. The third-order valence-corrected chi connectivity index (χ3v) is 6.23. The SMILES string of the molecule is O=c1[nH]c(C2CC=C(c3ccc(OC4CC4)cc3F)CC2)c(Cc2ccccc2)c(=O)[nH]1. The zero-order valence-corrected chi connectivity index (χ0v) is 17.7. The number of allylic oxidation sites excluding steroid dienone is 2. The van der Waals surface area contributed by atoms with Crippen LogP contribution in [0, 0.1) is 5.82 Å². The van der Waals surface area contributed by atoms with Crippen molar-refractivity contribution in [3.8, 4) is 5.75 Å². The Labute approximate surface area is 185 Å². The molecule has 2 aliphatic carbocycles. The van der Waals surface area contributed by atoms with E-state index >= 15 is 0 Å². The fourth-order valence-electron chi connectivity index (χ4n) is 4.40. The van der Waals surface area contributed by atoms with Gasteiger partial charge in [0.25, 0.3) is 5.56 Å². The molecule has 2 N–H and O–H groups in total. The van der Waals surface area contributed by atoms with Crippen molar-refractivity contribution in [1.29, 1.82) is 0 Å². The molecule has 5 nitrogen and oxygen atoms in total. The van der Waals surface area contributed by atoms with Gasteiger partial charge in [0.2, 0.25) is 0 Å². The van der Waals surface area contributed by atoms with E-state index in [2.05, 4.69) is 9.97 Å². The largest absolute Gasteiger partial charge is 0.490 e. The second kappa shape index (κ2) is 8.61. The molecule has 0 saturated heterocycles. The van der Waals surface area contributed by atoms with Gasteiger partial charge in [0.05, 0.1) is 6.10 Å². The van der Waals surface area contributed by atoms with Gasteiger partial charge in [-0.05, 0) is 55.4 Å². The average Bonchev–Trinajstić information content (AvgIpc) is 3.60. The highest BCUT2D eigenvalue weighted by molar-refractivity contribution is 5.67. The van der Waals surface area contributed by atoms with Crippen LogP contribution >= 0.6 is 0 Å². The van der Waals surface area contributed by atoms with Crippen molar-refractivity contribution in [2.24, 2.45) is 0 Å². The molecule has 1 heterocycles. The molecule has 6 heteroatoms. The number of benzene rings is 2. The number of halogens is 1. The molecule has 0 aliphatic heterocycles. The highest BCUT2D eigenvalue weighted by Crippen LogP contribution is 2.38. The lowest BCUT2D eigenvalue weighted by Crippen LogP contribution is -2.30. The monoisotopic (exact) mass is 432 g/mol. The first-order valence-corrected chi connectivity index (χ1v) is 11.1. The van der Waals surface area contributed by atoms with Gasteiger partial charge >= 0.3 is 5.69 Å². The Hall–Kier alpha value is -3.41. The Bertz CT molecular complexity index is 1270. The lowest BCUT2D eigenvalue weighted by atomic mass is 9.82. The van der Waals surface area contributed by atoms with E-state index in [1.54, 1.807) is 6.07 Å². The summed E-state index contributed by atoms with van der Waals surface area (Å²) in [7, 11) is 0. The highest BCUT2D eigenvalue weighted by Gasteiger charge is 2.25. The van der Waals surface area contributed by atoms with Crippen molar-refractivity contribution in [3.05, 3.63) is 104 Å². The standard InChI is InChI=1S/C26H25FN2O3/c27-23-15-20(32-19-10-11-19)12-13-21(23)17-6-8-18(9-7-17)24-22(25(30)29-26(31)28-24)14-16-4-2-1-3-5-16/h1-6,12-13,15,18-19H,7-11,14H2,(H2,28,29,30,31). The normalized spacial score (nSPS) is 18.3. The van der Waals surface area contributed by atoms with Gasteiger partial charge in [0.15, 0.2) is 0 Å². The quantitative estimate of drug-likeness (QED) is 0.594. The third-order valence-electron chi connectivity index (χ3n) is 6.23. The highest BCUT2D eigenvalue weighted by atomic mass is 19.1. The fraction of sp³-hybridized carbons (Fsp3) is 0.308. The van der Waals surface area contributed by atoms with Crippen LogP contribution in [-0.4, -0.2) is 16.1 Å². The summed E-state index contributed by atoms with van der Waals surface area (Å²) in [5, 5.41) is 0. The molecule has 0 amide bonds. The van der Waals surface area contributed by atoms with Gasteiger partial charge in [-0.2, -0.15) is 0 Å². The molecule has 5 rings (SSSR count). The first kappa shape index (κ1) is 20.5. The Kier molecular flexibility index (Phi) is 5.52. The van der Waals surface area contributed by atoms with E-state index in [-0.39, 0.29) is 23.4 Å². The third kappa shape index (κ3) is 4.44. The van der Waals surface area contributed by atoms with E-state index in [1.807, 2.05) is 42.5 Å². The number of nitrogens with one attached hydrogen (secondary N) is 2. The van der Waals surface area contributed by atoms with E-state index in [1.165, 1.54) is 6.07 Å². The van der Waals surface area contributed by atoms with Crippen LogP contribution in [0.4, 0.5) is 4.39 Å². The zero-order chi connectivity index (χ0) is 22.1. The van der Waals surface area contributed by atoms with Crippen LogP contribution in [0.5, 0.6) is 5.75 Å². The molecule has 2 aliphatic rings. The summed E-state index contributed by atoms with van der Waals surface area (Å²) in [4.78, 5) is 29.8. The van der Waals surface area contributed by atoms with E-state index in [0.29, 0.717) is 41.8 Å². The lowest BCUT2D eigenvalue weighted by Gasteiger charge is -2.24. The summed E-state index contributed by atoms with van der Waals surface area (Å²) < 4.78 is 20.4. The molecule has 1 atom stereocenters. The Balaban J connectivity index is 1.39. The van der Waals surface area contributed by atoms with E-state index in [9.17, 15) is 14.0 Å².